The van der Waals surface area contributed by atoms with Gasteiger partial charge < -0.3 is 27.0 Å². The van der Waals surface area contributed by atoms with Crippen LogP contribution in [0.5, 0.6) is 0 Å². The van der Waals surface area contributed by atoms with E-state index in [1.54, 1.807) is 0 Å². The second kappa shape index (κ2) is 16.6. The van der Waals surface area contributed by atoms with Crippen molar-refractivity contribution in [2.45, 2.75) is 84.3 Å². The summed E-state index contributed by atoms with van der Waals surface area (Å²) in [4.78, 5) is 50.1. The lowest BCUT2D eigenvalue weighted by Gasteiger charge is -2.25. The van der Waals surface area contributed by atoms with Gasteiger partial charge in [-0.2, -0.15) is 0 Å². The Bertz CT molecular complexity index is 800. The zero-order valence-corrected chi connectivity index (χ0v) is 21.6. The minimum atomic E-state index is -0.724. The molecule has 3 atom stereocenters. The molecule has 0 saturated carbocycles. The number of nitrogens with two attached hydrogens (primary N) is 1. The lowest BCUT2D eigenvalue weighted by molar-refractivity contribution is -0.130. The van der Waals surface area contributed by atoms with Gasteiger partial charge >= 0.3 is 0 Å². The Morgan fingerprint density at radius 1 is 0.914 bits per heavy atom. The quantitative estimate of drug-likeness (QED) is 0.223. The molecular weight excluding hydrogens is 446 g/mol. The first-order valence-corrected chi connectivity index (χ1v) is 12.5. The average molecular weight is 490 g/mol. The summed E-state index contributed by atoms with van der Waals surface area (Å²) in [5, 5.41) is 11.3. The molecule has 1 rings (SSSR count). The fraction of sp³-hybridized carbons (Fsp3) is 0.615. The molecule has 196 valence electrons. The second-order valence-corrected chi connectivity index (χ2v) is 9.28. The Balaban J connectivity index is 2.91. The maximum absolute atomic E-state index is 13.0. The normalized spacial score (nSPS) is 13.4. The molecule has 0 bridgehead atoms. The van der Waals surface area contributed by atoms with Gasteiger partial charge in [0.2, 0.25) is 23.6 Å². The zero-order valence-electron chi connectivity index (χ0n) is 21.6. The van der Waals surface area contributed by atoms with Crippen LogP contribution in [0, 0.1) is 5.92 Å². The van der Waals surface area contributed by atoms with Crippen LogP contribution in [-0.2, 0) is 25.6 Å². The average Bonchev–Trinajstić information content (AvgIpc) is 2.78. The number of carbonyl (C=O) groups is 4. The van der Waals surface area contributed by atoms with Crippen molar-refractivity contribution < 1.29 is 19.2 Å². The monoisotopic (exact) mass is 489 g/mol. The zero-order chi connectivity index (χ0) is 26.2. The van der Waals surface area contributed by atoms with Crippen LogP contribution in [0.15, 0.2) is 30.3 Å². The van der Waals surface area contributed by atoms with Crippen LogP contribution in [0.4, 0.5) is 0 Å². The molecule has 0 saturated heterocycles. The molecule has 35 heavy (non-hydrogen) atoms. The molecule has 0 aliphatic heterocycles. The van der Waals surface area contributed by atoms with Gasteiger partial charge in [-0.05, 0) is 44.2 Å². The number of rotatable bonds is 16. The first kappa shape index (κ1) is 30.1. The van der Waals surface area contributed by atoms with E-state index in [-0.39, 0.29) is 36.0 Å². The molecule has 0 radical (unpaired) electrons. The molecule has 9 nitrogen and oxygen atoms in total. The Morgan fingerprint density at radius 3 is 2.17 bits per heavy atom. The van der Waals surface area contributed by atoms with Crippen molar-refractivity contribution in [2.75, 3.05) is 13.1 Å². The van der Waals surface area contributed by atoms with E-state index in [1.807, 2.05) is 51.1 Å². The van der Waals surface area contributed by atoms with Crippen LogP contribution in [0.2, 0.25) is 0 Å². The minimum absolute atomic E-state index is 0.0233. The van der Waals surface area contributed by atoms with E-state index >= 15 is 0 Å². The van der Waals surface area contributed by atoms with Crippen molar-refractivity contribution in [1.82, 2.24) is 21.3 Å². The molecule has 4 amide bonds. The van der Waals surface area contributed by atoms with E-state index in [9.17, 15) is 19.2 Å². The van der Waals surface area contributed by atoms with Crippen molar-refractivity contribution in [3.05, 3.63) is 35.9 Å². The number of amides is 4. The largest absolute Gasteiger partial charge is 0.355 e. The molecule has 1 aromatic rings. The lowest BCUT2D eigenvalue weighted by Crippen LogP contribution is -2.52. The van der Waals surface area contributed by atoms with Gasteiger partial charge in [0.05, 0.1) is 0 Å². The molecule has 0 aliphatic rings. The number of unbranched alkanes of at least 4 members (excludes halogenated alkanes) is 1. The van der Waals surface area contributed by atoms with E-state index < -0.39 is 18.1 Å². The van der Waals surface area contributed by atoms with Crippen LogP contribution in [0.1, 0.15) is 65.4 Å². The van der Waals surface area contributed by atoms with Crippen molar-refractivity contribution in [3.8, 4) is 0 Å². The van der Waals surface area contributed by atoms with Crippen molar-refractivity contribution in [1.29, 1.82) is 0 Å². The van der Waals surface area contributed by atoms with Crippen LogP contribution >= 0.6 is 0 Å². The molecule has 0 aromatic heterocycles. The van der Waals surface area contributed by atoms with Crippen molar-refractivity contribution in [3.63, 3.8) is 0 Å². The number of benzene rings is 1. The summed E-state index contributed by atoms with van der Waals surface area (Å²) in [6.07, 6.45) is 2.95. The summed E-state index contributed by atoms with van der Waals surface area (Å²) >= 11 is 0. The molecule has 0 fully saturated rings. The van der Waals surface area contributed by atoms with E-state index in [1.165, 1.54) is 6.92 Å². The minimum Gasteiger partial charge on any atom is -0.355 e. The Hall–Kier alpha value is -2.94. The number of carbonyl (C=O) groups excluding carboxylic acids is 4. The lowest BCUT2D eigenvalue weighted by atomic mass is 10.0. The third kappa shape index (κ3) is 12.9. The highest BCUT2D eigenvalue weighted by molar-refractivity contribution is 5.89. The van der Waals surface area contributed by atoms with Gasteiger partial charge in [0.25, 0.3) is 0 Å². The summed E-state index contributed by atoms with van der Waals surface area (Å²) in [7, 11) is 0. The smallest absolute Gasteiger partial charge is 0.242 e. The highest BCUT2D eigenvalue weighted by Gasteiger charge is 2.26. The number of nitrogens with one attached hydrogen (secondary N) is 4. The fourth-order valence-electron chi connectivity index (χ4n) is 3.84. The first-order valence-electron chi connectivity index (χ1n) is 12.5. The van der Waals surface area contributed by atoms with E-state index in [0.717, 1.165) is 18.4 Å². The number of hydrogen-bond acceptors (Lipinski definition) is 5. The third-order valence-electron chi connectivity index (χ3n) is 5.47. The Labute approximate surface area is 209 Å². The molecular formula is C26H43N5O4. The molecule has 3 unspecified atom stereocenters. The van der Waals surface area contributed by atoms with Crippen molar-refractivity contribution in [2.24, 2.45) is 11.7 Å². The van der Waals surface area contributed by atoms with Gasteiger partial charge in [-0.15, -0.1) is 0 Å². The van der Waals surface area contributed by atoms with Crippen LogP contribution in [0.3, 0.4) is 0 Å². The molecule has 6 N–H and O–H groups in total. The topological polar surface area (TPSA) is 142 Å². The van der Waals surface area contributed by atoms with E-state index in [2.05, 4.69) is 21.3 Å². The summed E-state index contributed by atoms with van der Waals surface area (Å²) < 4.78 is 0. The van der Waals surface area contributed by atoms with Gasteiger partial charge in [-0.1, -0.05) is 50.6 Å². The summed E-state index contributed by atoms with van der Waals surface area (Å²) in [5.41, 5.74) is 6.55. The highest BCUT2D eigenvalue weighted by Crippen LogP contribution is 2.10. The van der Waals surface area contributed by atoms with Gasteiger partial charge in [0.15, 0.2) is 0 Å². The predicted molar refractivity (Wildman–Crippen MR) is 137 cm³/mol. The summed E-state index contributed by atoms with van der Waals surface area (Å²) in [6.45, 7) is 8.13. The molecule has 0 spiro atoms. The van der Waals surface area contributed by atoms with Crippen molar-refractivity contribution >= 4 is 23.6 Å². The van der Waals surface area contributed by atoms with Crippen LogP contribution in [-0.4, -0.2) is 54.8 Å². The van der Waals surface area contributed by atoms with Gasteiger partial charge in [-0.25, -0.2) is 0 Å². The second-order valence-electron chi connectivity index (χ2n) is 9.28. The van der Waals surface area contributed by atoms with E-state index in [0.29, 0.717) is 32.4 Å². The standard InChI is InChI=1S/C26H43N5O4/c1-5-28-25(34)23(16-20-11-7-6-8-12-20)31-24(33)17-21(13-9-10-14-27)30-26(35)22(15-18(2)3)29-19(4)32/h6-8,11-12,18,21-23H,5,9-10,13-17,27H2,1-4H3,(H,28,34)(H,29,32)(H,30,35)(H,31,33). The van der Waals surface area contributed by atoms with Gasteiger partial charge in [0.1, 0.15) is 12.1 Å². The van der Waals surface area contributed by atoms with Crippen LogP contribution < -0.4 is 27.0 Å². The highest BCUT2D eigenvalue weighted by atomic mass is 16.2. The maximum Gasteiger partial charge on any atom is 0.242 e. The number of hydrogen-bond donors (Lipinski definition) is 5. The van der Waals surface area contributed by atoms with E-state index in [4.69, 9.17) is 5.73 Å². The fourth-order valence-corrected chi connectivity index (χ4v) is 3.84. The van der Waals surface area contributed by atoms with Gasteiger partial charge in [0, 0.05) is 32.4 Å². The SMILES string of the molecule is CCNC(=O)C(Cc1ccccc1)NC(=O)CC(CCCCN)NC(=O)C(CC(C)C)NC(C)=O. The number of likely N-dealkylation sites (N-methyl/N-ethyl adjacent to an activating group) is 1. The molecule has 1 aromatic carbocycles. The third-order valence-corrected chi connectivity index (χ3v) is 5.47. The molecule has 0 aliphatic carbocycles. The predicted octanol–water partition coefficient (Wildman–Crippen LogP) is 1.40. The molecule has 9 heteroatoms. The van der Waals surface area contributed by atoms with Crippen LogP contribution in [0.25, 0.3) is 0 Å². The maximum atomic E-state index is 13.0. The van der Waals surface area contributed by atoms with Gasteiger partial charge in [-0.3, -0.25) is 19.2 Å². The summed E-state index contributed by atoms with van der Waals surface area (Å²) in [5.74, 6) is -0.975. The Kier molecular flexibility index (Phi) is 14.3. The first-order chi connectivity index (χ1) is 16.7. The Morgan fingerprint density at radius 2 is 1.60 bits per heavy atom. The summed E-state index contributed by atoms with van der Waals surface area (Å²) in [6, 6.07) is 7.65. The molecule has 0 heterocycles.